The van der Waals surface area contributed by atoms with E-state index >= 15 is 0 Å². The van der Waals surface area contributed by atoms with Gasteiger partial charge in [-0.2, -0.15) is 0 Å². The topological polar surface area (TPSA) is 68.0 Å². The van der Waals surface area contributed by atoms with Crippen LogP contribution in [0.1, 0.15) is 63.4 Å². The first-order valence-electron chi connectivity index (χ1n) is 12.1. The van der Waals surface area contributed by atoms with Crippen LogP contribution in [-0.2, 0) is 11.3 Å². The molecule has 2 aliphatic carbocycles. The molecule has 3 atom stereocenters. The summed E-state index contributed by atoms with van der Waals surface area (Å²) in [7, 11) is 3.36. The number of fused-ring (bicyclic) bond motifs is 1. The van der Waals surface area contributed by atoms with E-state index in [0.29, 0.717) is 43.4 Å². The molecule has 1 heterocycles. The molecule has 3 aliphatic rings. The molecule has 6 heteroatoms. The van der Waals surface area contributed by atoms with E-state index in [0.717, 1.165) is 42.9 Å². The summed E-state index contributed by atoms with van der Waals surface area (Å²) in [5.74, 6) is 2.60. The van der Waals surface area contributed by atoms with Crippen LogP contribution in [0.25, 0.3) is 0 Å². The Labute approximate surface area is 187 Å². The lowest BCUT2D eigenvalue weighted by Gasteiger charge is -2.46. The molecule has 2 N–H and O–H groups in total. The van der Waals surface area contributed by atoms with Crippen molar-refractivity contribution in [1.29, 1.82) is 0 Å². The van der Waals surface area contributed by atoms with E-state index in [-0.39, 0.29) is 6.04 Å². The minimum atomic E-state index is -0.148. The van der Waals surface area contributed by atoms with Crippen molar-refractivity contribution in [1.82, 2.24) is 9.80 Å². The lowest BCUT2D eigenvalue weighted by molar-refractivity contribution is -0.144. The van der Waals surface area contributed by atoms with Crippen molar-refractivity contribution in [2.24, 2.45) is 11.7 Å². The number of benzene rings is 1. The smallest absolute Gasteiger partial charge is 0.240 e. The Bertz CT molecular complexity index is 750. The highest BCUT2D eigenvalue weighted by molar-refractivity contribution is 5.82. The summed E-state index contributed by atoms with van der Waals surface area (Å²) in [6.07, 6.45) is 10.5. The van der Waals surface area contributed by atoms with Gasteiger partial charge >= 0.3 is 0 Å². The lowest BCUT2D eigenvalue weighted by Crippen LogP contribution is -2.57. The van der Waals surface area contributed by atoms with Crippen molar-refractivity contribution in [3.63, 3.8) is 0 Å². The van der Waals surface area contributed by atoms with Gasteiger partial charge in [-0.3, -0.25) is 9.69 Å². The monoisotopic (exact) mass is 429 g/mol. The zero-order valence-electron chi connectivity index (χ0n) is 19.2. The number of piperidine rings is 1. The molecule has 4 rings (SSSR count). The normalized spacial score (nSPS) is 24.6. The Morgan fingerprint density at radius 2 is 1.90 bits per heavy atom. The van der Waals surface area contributed by atoms with E-state index in [1.165, 1.54) is 32.1 Å². The Kier molecular flexibility index (Phi) is 7.39. The van der Waals surface area contributed by atoms with Gasteiger partial charge in [0.2, 0.25) is 5.91 Å². The van der Waals surface area contributed by atoms with Gasteiger partial charge in [0.1, 0.15) is 11.5 Å². The molecule has 0 radical (unpaired) electrons. The summed E-state index contributed by atoms with van der Waals surface area (Å²) in [4.78, 5) is 18.6. The minimum Gasteiger partial charge on any atom is -0.497 e. The van der Waals surface area contributed by atoms with E-state index in [1.807, 2.05) is 12.1 Å². The first-order valence-corrected chi connectivity index (χ1v) is 12.1. The Morgan fingerprint density at radius 3 is 2.61 bits per heavy atom. The van der Waals surface area contributed by atoms with Gasteiger partial charge in [-0.15, -0.1) is 0 Å². The van der Waals surface area contributed by atoms with E-state index < -0.39 is 0 Å². The number of ether oxygens (including phenoxy) is 2. The first kappa shape index (κ1) is 22.4. The van der Waals surface area contributed by atoms with Crippen LogP contribution in [0.5, 0.6) is 11.5 Å². The van der Waals surface area contributed by atoms with Gasteiger partial charge in [-0.05, 0) is 63.5 Å². The minimum absolute atomic E-state index is 0.148. The predicted molar refractivity (Wildman–Crippen MR) is 122 cm³/mol. The zero-order valence-corrected chi connectivity index (χ0v) is 19.2. The number of amides is 1. The second-order valence-corrected chi connectivity index (χ2v) is 9.46. The maximum absolute atomic E-state index is 13.9. The number of likely N-dealkylation sites (tertiary alicyclic amines) is 1. The van der Waals surface area contributed by atoms with Crippen molar-refractivity contribution in [2.75, 3.05) is 27.3 Å². The molecule has 3 fully saturated rings. The first-order chi connectivity index (χ1) is 15.2. The average molecular weight is 430 g/mol. The molecule has 0 aromatic heterocycles. The molecule has 31 heavy (non-hydrogen) atoms. The van der Waals surface area contributed by atoms with Gasteiger partial charge in [-0.25, -0.2) is 0 Å². The molecule has 1 aromatic carbocycles. The van der Waals surface area contributed by atoms with Gasteiger partial charge in [0, 0.05) is 36.8 Å². The summed E-state index contributed by atoms with van der Waals surface area (Å²) in [6, 6.07) is 6.71. The summed E-state index contributed by atoms with van der Waals surface area (Å²) in [5.41, 5.74) is 7.13. The van der Waals surface area contributed by atoms with Crippen LogP contribution < -0.4 is 15.2 Å². The molecule has 1 aromatic rings. The fourth-order valence-corrected chi connectivity index (χ4v) is 5.76. The van der Waals surface area contributed by atoms with Crippen LogP contribution in [0.2, 0.25) is 0 Å². The molecular formula is C25H39N3O3. The Morgan fingerprint density at radius 1 is 1.13 bits per heavy atom. The standard InChI is InChI=1S/C25H39N3O3/c1-30-21-12-9-19(24(16-21)31-2)17-28(20-10-11-20)23(13-14-26)25(29)27-15-5-7-18-6-3-4-8-22(18)27/h9,12,16,18,20,22-23H,3-8,10-11,13-15,17,26H2,1-2H3/t18-,22+,23-/m1/s1. The molecule has 0 spiro atoms. The molecule has 0 bridgehead atoms. The number of hydrogen-bond donors (Lipinski definition) is 1. The summed E-state index contributed by atoms with van der Waals surface area (Å²) in [6.45, 7) is 2.14. The Balaban J connectivity index is 1.56. The maximum Gasteiger partial charge on any atom is 0.240 e. The summed E-state index contributed by atoms with van der Waals surface area (Å²) < 4.78 is 11.0. The van der Waals surface area contributed by atoms with Crippen molar-refractivity contribution in [2.45, 2.75) is 82.5 Å². The van der Waals surface area contributed by atoms with E-state index in [1.54, 1.807) is 14.2 Å². The number of methoxy groups -OCH3 is 2. The second kappa shape index (κ2) is 10.2. The fourth-order valence-electron chi connectivity index (χ4n) is 5.76. The molecule has 6 nitrogen and oxygen atoms in total. The highest BCUT2D eigenvalue weighted by atomic mass is 16.5. The average Bonchev–Trinajstić information content (AvgIpc) is 3.66. The highest BCUT2D eigenvalue weighted by Crippen LogP contribution is 2.38. The van der Waals surface area contributed by atoms with Gasteiger partial charge in [0.25, 0.3) is 0 Å². The van der Waals surface area contributed by atoms with Crippen molar-refractivity contribution < 1.29 is 14.3 Å². The van der Waals surface area contributed by atoms with Crippen molar-refractivity contribution >= 4 is 5.91 Å². The van der Waals surface area contributed by atoms with E-state index in [2.05, 4.69) is 15.9 Å². The SMILES string of the molecule is COc1ccc(CN(C2CC2)[C@H](CCN)C(=O)N2CCC[C@H]3CCCC[C@@H]32)c(OC)c1. The van der Waals surface area contributed by atoms with Crippen LogP contribution in [0.3, 0.4) is 0 Å². The lowest BCUT2D eigenvalue weighted by atomic mass is 9.78. The van der Waals surface area contributed by atoms with E-state index in [4.69, 9.17) is 15.2 Å². The third-order valence-electron chi connectivity index (χ3n) is 7.51. The van der Waals surface area contributed by atoms with Crippen LogP contribution in [0, 0.1) is 5.92 Å². The third-order valence-corrected chi connectivity index (χ3v) is 7.51. The van der Waals surface area contributed by atoms with Gasteiger partial charge < -0.3 is 20.1 Å². The van der Waals surface area contributed by atoms with Crippen LogP contribution in [0.4, 0.5) is 0 Å². The fraction of sp³-hybridized carbons (Fsp3) is 0.720. The quantitative estimate of drug-likeness (QED) is 0.650. The van der Waals surface area contributed by atoms with Gasteiger partial charge in [-0.1, -0.05) is 18.9 Å². The molecule has 1 saturated heterocycles. The van der Waals surface area contributed by atoms with Crippen molar-refractivity contribution in [3.8, 4) is 11.5 Å². The van der Waals surface area contributed by atoms with Crippen molar-refractivity contribution in [3.05, 3.63) is 23.8 Å². The van der Waals surface area contributed by atoms with E-state index in [9.17, 15) is 4.79 Å². The molecule has 2 saturated carbocycles. The predicted octanol–water partition coefficient (Wildman–Crippen LogP) is 3.57. The zero-order chi connectivity index (χ0) is 21.8. The summed E-state index contributed by atoms with van der Waals surface area (Å²) in [5, 5.41) is 0. The molecule has 1 amide bonds. The number of hydrogen-bond acceptors (Lipinski definition) is 5. The highest BCUT2D eigenvalue weighted by Gasteiger charge is 2.42. The largest absolute Gasteiger partial charge is 0.497 e. The maximum atomic E-state index is 13.9. The molecule has 0 unspecified atom stereocenters. The summed E-state index contributed by atoms with van der Waals surface area (Å²) >= 11 is 0. The van der Waals surface area contributed by atoms with Crippen LogP contribution in [-0.4, -0.2) is 61.1 Å². The molecule has 172 valence electrons. The van der Waals surface area contributed by atoms with Gasteiger partial charge in [0.15, 0.2) is 0 Å². The number of carbonyl (C=O) groups excluding carboxylic acids is 1. The Hall–Kier alpha value is -1.79. The number of rotatable bonds is 9. The number of nitrogens with two attached hydrogens (primary N) is 1. The number of carbonyl (C=O) groups is 1. The second-order valence-electron chi connectivity index (χ2n) is 9.46. The molecule has 1 aliphatic heterocycles. The van der Waals surface area contributed by atoms with Crippen LogP contribution >= 0.6 is 0 Å². The third kappa shape index (κ3) is 5.01. The molecular weight excluding hydrogens is 390 g/mol. The number of nitrogens with zero attached hydrogens (tertiary/aromatic N) is 2. The van der Waals surface area contributed by atoms with Crippen LogP contribution in [0.15, 0.2) is 18.2 Å². The van der Waals surface area contributed by atoms with Gasteiger partial charge in [0.05, 0.1) is 20.3 Å².